The van der Waals surface area contributed by atoms with E-state index in [2.05, 4.69) is 6.92 Å². The van der Waals surface area contributed by atoms with Gasteiger partial charge in [0.05, 0.1) is 12.7 Å². The molecule has 0 amide bonds. The Morgan fingerprint density at radius 3 is 2.92 bits per heavy atom. The first-order valence-electron chi connectivity index (χ1n) is 4.64. The minimum atomic E-state index is -0.133. The SMILES string of the molecule is CC[C@@]1(C2CC2)CC(=O)C=CO1. The Morgan fingerprint density at radius 2 is 2.42 bits per heavy atom. The van der Waals surface area contributed by atoms with Gasteiger partial charge in [0.25, 0.3) is 0 Å². The molecule has 0 unspecified atom stereocenters. The Morgan fingerprint density at radius 1 is 1.67 bits per heavy atom. The third-order valence-corrected chi connectivity index (χ3v) is 2.95. The molecule has 2 rings (SSSR count). The van der Waals surface area contributed by atoms with Gasteiger partial charge < -0.3 is 4.74 Å². The maximum Gasteiger partial charge on any atom is 0.162 e. The summed E-state index contributed by atoms with van der Waals surface area (Å²) in [7, 11) is 0. The Labute approximate surface area is 72.6 Å². The van der Waals surface area contributed by atoms with Gasteiger partial charge in [-0.15, -0.1) is 0 Å². The highest BCUT2D eigenvalue weighted by molar-refractivity contribution is 5.90. The first-order chi connectivity index (χ1) is 5.77. The molecule has 2 heteroatoms. The molecule has 2 nitrogen and oxygen atoms in total. The standard InChI is InChI=1S/C10H14O2/c1-2-10(8-3-4-8)7-9(11)5-6-12-10/h5-6,8H,2-4,7H2,1H3/t10-/m0/s1. The van der Waals surface area contributed by atoms with Crippen LogP contribution in [0.3, 0.4) is 0 Å². The van der Waals surface area contributed by atoms with Crippen LogP contribution < -0.4 is 0 Å². The van der Waals surface area contributed by atoms with E-state index >= 15 is 0 Å². The van der Waals surface area contributed by atoms with Crippen molar-refractivity contribution in [2.24, 2.45) is 5.92 Å². The second-order valence-corrected chi connectivity index (χ2v) is 3.76. The van der Waals surface area contributed by atoms with Gasteiger partial charge in [-0.1, -0.05) is 6.92 Å². The van der Waals surface area contributed by atoms with Gasteiger partial charge in [0, 0.05) is 6.08 Å². The minimum Gasteiger partial charge on any atom is -0.494 e. The highest BCUT2D eigenvalue weighted by Gasteiger charge is 2.47. The summed E-state index contributed by atoms with van der Waals surface area (Å²) in [6, 6.07) is 0. The van der Waals surface area contributed by atoms with Crippen LogP contribution in [0.15, 0.2) is 12.3 Å². The molecule has 0 bridgehead atoms. The summed E-state index contributed by atoms with van der Waals surface area (Å²) in [4.78, 5) is 11.2. The van der Waals surface area contributed by atoms with Crippen LogP contribution in [0, 0.1) is 5.92 Å². The number of rotatable bonds is 2. The second-order valence-electron chi connectivity index (χ2n) is 3.76. The average Bonchev–Trinajstić information content (AvgIpc) is 2.86. The van der Waals surface area contributed by atoms with Gasteiger partial charge in [0.15, 0.2) is 5.78 Å². The van der Waals surface area contributed by atoms with Gasteiger partial charge in [0.1, 0.15) is 5.60 Å². The second kappa shape index (κ2) is 2.61. The Kier molecular flexibility index (Phi) is 1.71. The van der Waals surface area contributed by atoms with Crippen molar-refractivity contribution in [1.82, 2.24) is 0 Å². The van der Waals surface area contributed by atoms with Crippen LogP contribution >= 0.6 is 0 Å². The lowest BCUT2D eigenvalue weighted by atomic mass is 9.87. The highest BCUT2D eigenvalue weighted by atomic mass is 16.5. The van der Waals surface area contributed by atoms with Crippen molar-refractivity contribution in [1.29, 1.82) is 0 Å². The highest BCUT2D eigenvalue weighted by Crippen LogP contribution is 2.47. The number of carbonyl (C=O) groups is 1. The van der Waals surface area contributed by atoms with E-state index in [-0.39, 0.29) is 11.4 Å². The Balaban J connectivity index is 2.16. The minimum absolute atomic E-state index is 0.133. The number of hydrogen-bond acceptors (Lipinski definition) is 2. The molecule has 0 N–H and O–H groups in total. The molecule has 1 aliphatic carbocycles. The third-order valence-electron chi connectivity index (χ3n) is 2.95. The molecule has 1 heterocycles. The number of allylic oxidation sites excluding steroid dienone is 1. The number of hydrogen-bond donors (Lipinski definition) is 0. The molecule has 66 valence electrons. The topological polar surface area (TPSA) is 26.3 Å². The third kappa shape index (κ3) is 1.15. The predicted molar refractivity (Wildman–Crippen MR) is 45.6 cm³/mol. The van der Waals surface area contributed by atoms with Crippen molar-refractivity contribution >= 4 is 5.78 Å². The van der Waals surface area contributed by atoms with Crippen molar-refractivity contribution in [2.75, 3.05) is 0 Å². The molecule has 0 saturated heterocycles. The van der Waals surface area contributed by atoms with Crippen molar-refractivity contribution in [2.45, 2.75) is 38.2 Å². The van der Waals surface area contributed by atoms with Gasteiger partial charge in [-0.2, -0.15) is 0 Å². The lowest BCUT2D eigenvalue weighted by Crippen LogP contribution is -2.37. The van der Waals surface area contributed by atoms with Crippen molar-refractivity contribution in [3.63, 3.8) is 0 Å². The normalized spacial score (nSPS) is 34.9. The van der Waals surface area contributed by atoms with Crippen LogP contribution in [0.1, 0.15) is 32.6 Å². The Bertz CT molecular complexity index is 228. The van der Waals surface area contributed by atoms with Gasteiger partial charge in [-0.25, -0.2) is 0 Å². The molecule has 0 aromatic heterocycles. The molecule has 1 fully saturated rings. The van der Waals surface area contributed by atoms with E-state index in [0.29, 0.717) is 12.3 Å². The summed E-state index contributed by atoms with van der Waals surface area (Å²) in [6.07, 6.45) is 7.12. The molecular formula is C10H14O2. The summed E-state index contributed by atoms with van der Waals surface area (Å²) in [5.74, 6) is 0.853. The van der Waals surface area contributed by atoms with Crippen LogP contribution in [-0.2, 0) is 9.53 Å². The van der Waals surface area contributed by atoms with Crippen molar-refractivity contribution in [3.8, 4) is 0 Å². The van der Waals surface area contributed by atoms with Crippen LogP contribution in [0.5, 0.6) is 0 Å². The molecule has 1 saturated carbocycles. The van der Waals surface area contributed by atoms with E-state index in [0.717, 1.165) is 6.42 Å². The first-order valence-corrected chi connectivity index (χ1v) is 4.64. The molecule has 1 aliphatic heterocycles. The summed E-state index contributed by atoms with van der Waals surface area (Å²) < 4.78 is 5.61. The zero-order valence-electron chi connectivity index (χ0n) is 7.38. The fourth-order valence-corrected chi connectivity index (χ4v) is 1.99. The fraction of sp³-hybridized carbons (Fsp3) is 0.700. The van der Waals surface area contributed by atoms with Gasteiger partial charge in [0.2, 0.25) is 0 Å². The average molecular weight is 166 g/mol. The maximum absolute atomic E-state index is 11.2. The van der Waals surface area contributed by atoms with Crippen LogP contribution in [0.2, 0.25) is 0 Å². The smallest absolute Gasteiger partial charge is 0.162 e. The molecule has 0 spiro atoms. The van der Waals surface area contributed by atoms with Crippen LogP contribution in [-0.4, -0.2) is 11.4 Å². The van der Waals surface area contributed by atoms with Crippen LogP contribution in [0.25, 0.3) is 0 Å². The lowest BCUT2D eigenvalue weighted by Gasteiger charge is -2.33. The van der Waals surface area contributed by atoms with E-state index in [4.69, 9.17) is 4.74 Å². The molecule has 1 atom stereocenters. The van der Waals surface area contributed by atoms with E-state index in [1.54, 1.807) is 6.26 Å². The predicted octanol–water partition coefficient (Wildman–Crippen LogP) is 2.05. The zero-order chi connectivity index (χ0) is 8.60. The monoisotopic (exact) mass is 166 g/mol. The lowest BCUT2D eigenvalue weighted by molar-refractivity contribution is -0.124. The number of ketones is 1. The largest absolute Gasteiger partial charge is 0.494 e. The van der Waals surface area contributed by atoms with Gasteiger partial charge in [-0.05, 0) is 25.2 Å². The summed E-state index contributed by atoms with van der Waals surface area (Å²) in [5.41, 5.74) is -0.133. The van der Waals surface area contributed by atoms with Gasteiger partial charge in [-0.3, -0.25) is 4.79 Å². The fourth-order valence-electron chi connectivity index (χ4n) is 1.99. The zero-order valence-corrected chi connectivity index (χ0v) is 7.38. The number of ether oxygens (including phenoxy) is 1. The van der Waals surface area contributed by atoms with E-state index in [1.807, 2.05) is 0 Å². The summed E-state index contributed by atoms with van der Waals surface area (Å²) >= 11 is 0. The van der Waals surface area contributed by atoms with Crippen molar-refractivity contribution in [3.05, 3.63) is 12.3 Å². The number of carbonyl (C=O) groups excluding carboxylic acids is 1. The molecule has 12 heavy (non-hydrogen) atoms. The molecule has 0 aromatic rings. The molecule has 2 aliphatic rings. The maximum atomic E-state index is 11.2. The summed E-state index contributed by atoms with van der Waals surface area (Å²) in [6.45, 7) is 2.10. The van der Waals surface area contributed by atoms with E-state index in [9.17, 15) is 4.79 Å². The van der Waals surface area contributed by atoms with Crippen molar-refractivity contribution < 1.29 is 9.53 Å². The first kappa shape index (κ1) is 7.84. The molecule has 0 radical (unpaired) electrons. The quantitative estimate of drug-likeness (QED) is 0.627. The van der Waals surface area contributed by atoms with Gasteiger partial charge >= 0.3 is 0 Å². The molecule has 0 aromatic carbocycles. The van der Waals surface area contributed by atoms with E-state index in [1.165, 1.54) is 18.9 Å². The van der Waals surface area contributed by atoms with E-state index < -0.39 is 0 Å². The molecular weight excluding hydrogens is 152 g/mol. The van der Waals surface area contributed by atoms with Crippen LogP contribution in [0.4, 0.5) is 0 Å². The summed E-state index contributed by atoms with van der Waals surface area (Å²) in [5, 5.41) is 0. The Hall–Kier alpha value is -0.790.